The second kappa shape index (κ2) is 6.95. The van der Waals surface area contributed by atoms with E-state index in [1.165, 1.54) is 0 Å². The van der Waals surface area contributed by atoms with Crippen LogP contribution in [0.5, 0.6) is 0 Å². The first-order valence-electron chi connectivity index (χ1n) is 8.35. The Morgan fingerprint density at radius 1 is 1.17 bits per heavy atom. The number of piperazine rings is 1. The SMILES string of the molecule is CCN1CCN(C(=O)c2c(C)nn(-c3ccccc3Cl)c2C)CC1. The number of nitrogens with zero attached hydrogens (tertiary/aromatic N) is 4. The predicted molar refractivity (Wildman–Crippen MR) is 96.1 cm³/mol. The van der Waals surface area contributed by atoms with Gasteiger partial charge in [0.05, 0.1) is 27.7 Å². The van der Waals surface area contributed by atoms with E-state index in [9.17, 15) is 4.79 Å². The van der Waals surface area contributed by atoms with Gasteiger partial charge >= 0.3 is 0 Å². The molecular weight excluding hydrogens is 324 g/mol. The van der Waals surface area contributed by atoms with Gasteiger partial charge < -0.3 is 9.80 Å². The lowest BCUT2D eigenvalue weighted by atomic mass is 10.1. The van der Waals surface area contributed by atoms with Crippen molar-refractivity contribution >= 4 is 17.5 Å². The number of likely N-dealkylation sites (N-methyl/N-ethyl adjacent to an activating group) is 1. The summed E-state index contributed by atoms with van der Waals surface area (Å²) in [5.41, 5.74) is 3.08. The number of rotatable bonds is 3. The summed E-state index contributed by atoms with van der Waals surface area (Å²) >= 11 is 6.29. The molecule has 0 atom stereocenters. The van der Waals surface area contributed by atoms with Crippen molar-refractivity contribution in [2.75, 3.05) is 32.7 Å². The standard InChI is InChI=1S/C18H23ClN4O/c1-4-21-9-11-22(12-10-21)18(24)17-13(2)20-23(14(17)3)16-8-6-5-7-15(16)19/h5-8H,4,9-12H2,1-3H3. The zero-order valence-electron chi connectivity index (χ0n) is 14.4. The predicted octanol–water partition coefficient (Wildman–Crippen LogP) is 2.92. The van der Waals surface area contributed by atoms with Gasteiger partial charge in [-0.3, -0.25) is 4.79 Å². The number of hydrogen-bond acceptors (Lipinski definition) is 3. The second-order valence-corrected chi connectivity index (χ2v) is 6.54. The van der Waals surface area contributed by atoms with Gasteiger partial charge in [0.1, 0.15) is 0 Å². The average Bonchev–Trinajstić information content (AvgIpc) is 2.89. The van der Waals surface area contributed by atoms with Crippen LogP contribution in [0.1, 0.15) is 28.7 Å². The van der Waals surface area contributed by atoms with Gasteiger partial charge in [0.15, 0.2) is 0 Å². The molecule has 128 valence electrons. The first-order valence-corrected chi connectivity index (χ1v) is 8.73. The Morgan fingerprint density at radius 3 is 2.46 bits per heavy atom. The number of hydrogen-bond donors (Lipinski definition) is 0. The van der Waals surface area contributed by atoms with Crippen molar-refractivity contribution < 1.29 is 4.79 Å². The highest BCUT2D eigenvalue weighted by atomic mass is 35.5. The van der Waals surface area contributed by atoms with Crippen molar-refractivity contribution in [2.24, 2.45) is 0 Å². The zero-order chi connectivity index (χ0) is 17.3. The van der Waals surface area contributed by atoms with Crippen LogP contribution in [0.25, 0.3) is 5.69 Å². The van der Waals surface area contributed by atoms with E-state index in [-0.39, 0.29) is 5.91 Å². The zero-order valence-corrected chi connectivity index (χ0v) is 15.2. The fourth-order valence-corrected chi connectivity index (χ4v) is 3.45. The van der Waals surface area contributed by atoms with E-state index in [1.54, 1.807) is 4.68 Å². The summed E-state index contributed by atoms with van der Waals surface area (Å²) in [7, 11) is 0. The third-order valence-electron chi connectivity index (χ3n) is 4.69. The first kappa shape index (κ1) is 17.0. The summed E-state index contributed by atoms with van der Waals surface area (Å²) in [6.07, 6.45) is 0. The molecule has 24 heavy (non-hydrogen) atoms. The monoisotopic (exact) mass is 346 g/mol. The number of aromatic nitrogens is 2. The molecule has 1 aliphatic rings. The largest absolute Gasteiger partial charge is 0.336 e. The lowest BCUT2D eigenvalue weighted by molar-refractivity contribution is 0.0642. The van der Waals surface area contributed by atoms with E-state index >= 15 is 0 Å². The molecule has 3 rings (SSSR count). The summed E-state index contributed by atoms with van der Waals surface area (Å²) in [6, 6.07) is 7.55. The molecule has 0 N–H and O–H groups in total. The fourth-order valence-electron chi connectivity index (χ4n) is 3.24. The summed E-state index contributed by atoms with van der Waals surface area (Å²) in [5, 5.41) is 5.19. The molecule has 1 aliphatic heterocycles. The van der Waals surface area contributed by atoms with Gasteiger partial charge in [-0.2, -0.15) is 5.10 Å². The maximum Gasteiger partial charge on any atom is 0.257 e. The van der Waals surface area contributed by atoms with E-state index < -0.39 is 0 Å². The van der Waals surface area contributed by atoms with Crippen LogP contribution < -0.4 is 0 Å². The number of carbonyl (C=O) groups is 1. The highest BCUT2D eigenvalue weighted by molar-refractivity contribution is 6.32. The summed E-state index contributed by atoms with van der Waals surface area (Å²) in [5.74, 6) is 0.0686. The van der Waals surface area contributed by atoms with Gasteiger partial charge in [-0.25, -0.2) is 4.68 Å². The van der Waals surface area contributed by atoms with Crippen molar-refractivity contribution in [3.8, 4) is 5.69 Å². The number of amides is 1. The molecule has 1 fully saturated rings. The van der Waals surface area contributed by atoms with E-state index in [1.807, 2.05) is 43.0 Å². The minimum absolute atomic E-state index is 0.0686. The lowest BCUT2D eigenvalue weighted by Crippen LogP contribution is -2.48. The van der Waals surface area contributed by atoms with E-state index in [0.717, 1.165) is 49.8 Å². The molecule has 2 aromatic rings. The maximum absolute atomic E-state index is 13.0. The quantitative estimate of drug-likeness (QED) is 0.858. The number of aryl methyl sites for hydroxylation is 1. The van der Waals surface area contributed by atoms with Crippen LogP contribution >= 0.6 is 11.6 Å². The third-order valence-corrected chi connectivity index (χ3v) is 5.01. The van der Waals surface area contributed by atoms with Crippen molar-refractivity contribution in [3.63, 3.8) is 0 Å². The summed E-state index contributed by atoms with van der Waals surface area (Å²) in [6.45, 7) is 10.4. The Labute approximate surface area is 147 Å². The number of para-hydroxylation sites is 1. The molecule has 1 saturated heterocycles. The minimum atomic E-state index is 0.0686. The lowest BCUT2D eigenvalue weighted by Gasteiger charge is -2.34. The van der Waals surface area contributed by atoms with Gasteiger partial charge in [0.2, 0.25) is 0 Å². The van der Waals surface area contributed by atoms with Crippen molar-refractivity contribution in [1.29, 1.82) is 0 Å². The minimum Gasteiger partial charge on any atom is -0.336 e. The average molecular weight is 347 g/mol. The highest BCUT2D eigenvalue weighted by Gasteiger charge is 2.27. The van der Waals surface area contributed by atoms with Crippen LogP contribution in [0.2, 0.25) is 5.02 Å². The van der Waals surface area contributed by atoms with Crippen LogP contribution in [0.3, 0.4) is 0 Å². The van der Waals surface area contributed by atoms with E-state index in [2.05, 4.69) is 16.9 Å². The van der Waals surface area contributed by atoms with Gasteiger partial charge in [0.25, 0.3) is 5.91 Å². The molecule has 0 saturated carbocycles. The molecule has 0 bridgehead atoms. The van der Waals surface area contributed by atoms with Crippen LogP contribution in [0.15, 0.2) is 24.3 Å². The molecule has 5 nitrogen and oxygen atoms in total. The molecule has 1 amide bonds. The number of benzene rings is 1. The molecule has 0 aliphatic carbocycles. The summed E-state index contributed by atoms with van der Waals surface area (Å²) < 4.78 is 1.77. The molecular formula is C18H23ClN4O. The highest BCUT2D eigenvalue weighted by Crippen LogP contribution is 2.25. The molecule has 1 aromatic carbocycles. The number of carbonyl (C=O) groups excluding carboxylic acids is 1. The topological polar surface area (TPSA) is 41.4 Å². The van der Waals surface area contributed by atoms with Crippen molar-refractivity contribution in [2.45, 2.75) is 20.8 Å². The Morgan fingerprint density at radius 2 is 1.83 bits per heavy atom. The van der Waals surface area contributed by atoms with Gasteiger partial charge in [-0.15, -0.1) is 0 Å². The molecule has 2 heterocycles. The normalized spacial score (nSPS) is 15.8. The molecule has 6 heteroatoms. The third kappa shape index (κ3) is 3.06. The molecule has 1 aromatic heterocycles. The van der Waals surface area contributed by atoms with Gasteiger partial charge in [0, 0.05) is 26.2 Å². The van der Waals surface area contributed by atoms with Gasteiger partial charge in [-0.05, 0) is 32.5 Å². The Kier molecular flexibility index (Phi) is 4.92. The Hall–Kier alpha value is -1.85. The Balaban J connectivity index is 1.90. The van der Waals surface area contributed by atoms with Crippen molar-refractivity contribution in [3.05, 3.63) is 46.2 Å². The molecule has 0 unspecified atom stereocenters. The van der Waals surface area contributed by atoms with Crippen molar-refractivity contribution in [1.82, 2.24) is 19.6 Å². The molecule has 0 spiro atoms. The Bertz CT molecular complexity index is 747. The second-order valence-electron chi connectivity index (χ2n) is 6.14. The first-order chi connectivity index (χ1) is 11.5. The van der Waals surface area contributed by atoms with Crippen LogP contribution in [-0.2, 0) is 0 Å². The van der Waals surface area contributed by atoms with Crippen LogP contribution in [-0.4, -0.2) is 58.2 Å². The fraction of sp³-hybridized carbons (Fsp3) is 0.444. The van der Waals surface area contributed by atoms with Gasteiger partial charge in [-0.1, -0.05) is 30.7 Å². The maximum atomic E-state index is 13.0. The van der Waals surface area contributed by atoms with Crippen LogP contribution in [0, 0.1) is 13.8 Å². The van der Waals surface area contributed by atoms with E-state index in [4.69, 9.17) is 11.6 Å². The van der Waals surface area contributed by atoms with E-state index in [0.29, 0.717) is 10.6 Å². The van der Waals surface area contributed by atoms with Crippen LogP contribution in [0.4, 0.5) is 0 Å². The summed E-state index contributed by atoms with van der Waals surface area (Å²) in [4.78, 5) is 17.3. The number of halogens is 1. The molecule has 0 radical (unpaired) electrons. The smallest absolute Gasteiger partial charge is 0.257 e.